The smallest absolute Gasteiger partial charge is 0.335 e. The Bertz CT molecular complexity index is 4690. The standard InChI is InChI=1S/C27H28N2O2.C21H27N3O.2C20H22N2O3.CH4/c1-17-5-12-24(13-6-17)28-26-15-18(2)29(20(4)31)27-14-11-23(16-25(26)27)22-9-7-21(8-10-22)19(3)30;1-14-11-20(23-4)19-12-18(9-10-21(19)24(14)15(2)25)17-7-5-16(6-8-17)13-22-3;1-12-4-9-17-18(22(12)13(2)23)11-10-16(19(17)21-3)14-5-7-15(8-6-14)20(24)25;1-12-10-18(21-3)17-11-16(8-9-19(17)22(12)13(2)23)14-4-6-15(7-5-14)20(24)25;/h5-14,16,18,26,28H,15H2,1-4H3;5-10,12,14,20,22-23H,11,13H2,1-4H3;5-8,10-12,21H,4,9H2,1-3H3,(H,24,25);4-9,11-12,18,21H,10H2,1-3H3,(H,24,25);1H4/t18-,26+;14-,20+;12-;12-,18+;/m0000./s1. The molecule has 558 valence electrons. The number of rotatable bonds is 14. The van der Waals surface area contributed by atoms with E-state index in [1.165, 1.54) is 27.8 Å². The number of fused-ring (bicyclic) bond motifs is 4. The van der Waals surface area contributed by atoms with E-state index in [0.29, 0.717) is 5.56 Å². The number of benzene rings is 9. The van der Waals surface area contributed by atoms with E-state index in [-0.39, 0.29) is 90.3 Å². The van der Waals surface area contributed by atoms with Crippen molar-refractivity contribution in [3.63, 3.8) is 0 Å². The Kier molecular flexibility index (Phi) is 26.5. The molecule has 0 saturated heterocycles. The number of aryl methyl sites for hydroxylation is 1. The summed E-state index contributed by atoms with van der Waals surface area (Å²) < 4.78 is 0. The van der Waals surface area contributed by atoms with Crippen LogP contribution in [-0.4, -0.2) is 104 Å². The van der Waals surface area contributed by atoms with E-state index >= 15 is 0 Å². The number of amides is 4. The monoisotopic (exact) mass is 1440 g/mol. The van der Waals surface area contributed by atoms with E-state index in [0.717, 1.165) is 123 Å². The predicted molar refractivity (Wildman–Crippen MR) is 434 cm³/mol. The number of carboxylic acid groups (broad SMARTS) is 2. The molecule has 7 atom stereocenters. The zero-order valence-electron chi connectivity index (χ0n) is 63.2. The number of carbonyl (C=O) groups excluding carboxylic acids is 5. The van der Waals surface area contributed by atoms with Crippen molar-refractivity contribution in [1.82, 2.24) is 16.0 Å². The Morgan fingerprint density at radius 1 is 0.411 bits per heavy atom. The molecule has 4 aliphatic rings. The molecule has 7 N–H and O–H groups in total. The van der Waals surface area contributed by atoms with Crippen molar-refractivity contribution in [2.75, 3.05) is 58.4 Å². The minimum absolute atomic E-state index is 0. The van der Waals surface area contributed by atoms with Crippen molar-refractivity contribution in [2.24, 2.45) is 0 Å². The SMILES string of the molecule is C.CC(=O)c1ccc(-c2ccc3c(c2)[C@H](Nc2ccc(C)cc2)C[C@H](C)N3C(C)=O)cc1.CNCc1ccc(-c2ccc3c(c2)[C@H](NC)C[C@H](C)N3C(C)=O)cc1.CN[C@@H]1C[C@H](C)N(C(C)=O)c2ccc(-c3ccc(C(=O)O)cc3)cc21.CNc1c(-c2ccc(C(=O)O)cc2)ccc2c1CC[C@H](C)N2C(C)=O. The Hall–Kier alpha value is -11.1. The van der Waals surface area contributed by atoms with Gasteiger partial charge >= 0.3 is 11.9 Å². The molecule has 0 spiro atoms. The second-order valence-electron chi connectivity index (χ2n) is 28.1. The molecule has 4 heterocycles. The lowest BCUT2D eigenvalue weighted by atomic mass is 9.88. The second kappa shape index (κ2) is 35.4. The van der Waals surface area contributed by atoms with Crippen LogP contribution in [0.4, 0.5) is 34.1 Å². The summed E-state index contributed by atoms with van der Waals surface area (Å²) >= 11 is 0. The van der Waals surface area contributed by atoms with Crippen LogP contribution in [0.15, 0.2) is 188 Å². The highest BCUT2D eigenvalue weighted by Gasteiger charge is 2.36. The summed E-state index contributed by atoms with van der Waals surface area (Å²) in [5.41, 5.74) is 22.7. The lowest BCUT2D eigenvalue weighted by Gasteiger charge is -2.39. The summed E-state index contributed by atoms with van der Waals surface area (Å²) in [6, 6.07) is 62.4. The quantitative estimate of drug-likeness (QED) is 0.0502. The number of carboxylic acids is 2. The van der Waals surface area contributed by atoms with Gasteiger partial charge in [0.2, 0.25) is 23.6 Å². The first-order valence-corrected chi connectivity index (χ1v) is 36.4. The molecule has 0 unspecified atom stereocenters. The molecule has 9 aromatic rings. The van der Waals surface area contributed by atoms with Crippen LogP contribution in [0, 0.1) is 6.92 Å². The average molecular weight is 1440 g/mol. The molecule has 0 bridgehead atoms. The Labute approximate surface area is 630 Å². The van der Waals surface area contributed by atoms with Crippen LogP contribution in [0.2, 0.25) is 0 Å². The van der Waals surface area contributed by atoms with Crippen LogP contribution in [-0.2, 0) is 32.1 Å². The number of hydrogen-bond donors (Lipinski definition) is 7. The molecule has 4 amide bonds. The maximum absolute atomic E-state index is 12.4. The fourth-order valence-corrected chi connectivity index (χ4v) is 15.5. The molecule has 4 aliphatic heterocycles. The first kappa shape index (κ1) is 80.1. The van der Waals surface area contributed by atoms with Gasteiger partial charge in [0, 0.05) is 123 Å². The molecule has 18 nitrogen and oxygen atoms in total. The van der Waals surface area contributed by atoms with E-state index < -0.39 is 11.9 Å². The van der Waals surface area contributed by atoms with Crippen molar-refractivity contribution < 1.29 is 43.8 Å². The Balaban J connectivity index is 0.000000165. The zero-order chi connectivity index (χ0) is 76.4. The number of anilines is 6. The van der Waals surface area contributed by atoms with Crippen molar-refractivity contribution in [1.29, 1.82) is 0 Å². The van der Waals surface area contributed by atoms with Crippen molar-refractivity contribution in [2.45, 2.75) is 158 Å². The highest BCUT2D eigenvalue weighted by Crippen LogP contribution is 2.45. The largest absolute Gasteiger partial charge is 0.478 e. The molecule has 18 heteroatoms. The van der Waals surface area contributed by atoms with Gasteiger partial charge in [0.05, 0.1) is 17.2 Å². The first-order chi connectivity index (χ1) is 50.7. The van der Waals surface area contributed by atoms with Crippen molar-refractivity contribution >= 4 is 75.5 Å². The number of Topliss-reactive ketones (excluding diaryl/α,β-unsaturated/α-hetero) is 1. The first-order valence-electron chi connectivity index (χ1n) is 36.4. The molecule has 0 radical (unpaired) electrons. The Morgan fingerprint density at radius 2 is 0.766 bits per heavy atom. The van der Waals surface area contributed by atoms with E-state index in [2.05, 4.69) is 146 Å². The summed E-state index contributed by atoms with van der Waals surface area (Å²) in [7, 11) is 7.75. The summed E-state index contributed by atoms with van der Waals surface area (Å²) in [4.78, 5) is 89.9. The zero-order valence-corrected chi connectivity index (χ0v) is 63.2. The average Bonchev–Trinajstić information content (AvgIpc) is 0.785. The van der Waals surface area contributed by atoms with Crippen LogP contribution in [0.1, 0.15) is 178 Å². The highest BCUT2D eigenvalue weighted by atomic mass is 16.4. The van der Waals surface area contributed by atoms with Gasteiger partial charge in [-0.1, -0.05) is 122 Å². The van der Waals surface area contributed by atoms with Gasteiger partial charge in [0.1, 0.15) is 0 Å². The van der Waals surface area contributed by atoms with E-state index in [4.69, 9.17) is 10.2 Å². The molecule has 0 aromatic heterocycles. The lowest BCUT2D eigenvalue weighted by molar-refractivity contribution is -0.118. The highest BCUT2D eigenvalue weighted by molar-refractivity contribution is 5.99. The maximum Gasteiger partial charge on any atom is 0.335 e. The second-order valence-corrected chi connectivity index (χ2v) is 28.1. The summed E-state index contributed by atoms with van der Waals surface area (Å²) in [6.07, 6.45) is 4.42. The van der Waals surface area contributed by atoms with Crippen LogP contribution in [0.3, 0.4) is 0 Å². The van der Waals surface area contributed by atoms with Crippen molar-refractivity contribution in [3.05, 3.63) is 238 Å². The van der Waals surface area contributed by atoms with Crippen LogP contribution >= 0.6 is 0 Å². The minimum Gasteiger partial charge on any atom is -0.478 e. The van der Waals surface area contributed by atoms with Gasteiger partial charge in [-0.3, -0.25) is 24.0 Å². The molecule has 0 aliphatic carbocycles. The third-order valence-electron chi connectivity index (χ3n) is 20.7. The molecule has 13 rings (SSSR count). The Morgan fingerprint density at radius 3 is 1.14 bits per heavy atom. The number of ketones is 1. The summed E-state index contributed by atoms with van der Waals surface area (Å²) in [5, 5.41) is 35.0. The third kappa shape index (κ3) is 18.1. The molecule has 9 aromatic carbocycles. The minimum atomic E-state index is -0.933. The van der Waals surface area contributed by atoms with Crippen LogP contribution in [0.5, 0.6) is 0 Å². The number of carbonyl (C=O) groups is 7. The van der Waals surface area contributed by atoms with Gasteiger partial charge in [-0.05, 0) is 240 Å². The summed E-state index contributed by atoms with van der Waals surface area (Å²) in [5.74, 6) is -1.55. The van der Waals surface area contributed by atoms with E-state index in [1.807, 2.05) is 127 Å². The normalized spacial score (nSPS) is 18.1. The fourth-order valence-electron chi connectivity index (χ4n) is 15.5. The van der Waals surface area contributed by atoms with Crippen molar-refractivity contribution in [3.8, 4) is 44.5 Å². The molecule has 107 heavy (non-hydrogen) atoms. The van der Waals surface area contributed by atoms with Gasteiger partial charge < -0.3 is 56.4 Å². The van der Waals surface area contributed by atoms with Gasteiger partial charge in [0.25, 0.3) is 0 Å². The number of aromatic carboxylic acids is 2. The van der Waals surface area contributed by atoms with Crippen LogP contribution in [0.25, 0.3) is 44.5 Å². The van der Waals surface area contributed by atoms with Crippen LogP contribution < -0.4 is 46.2 Å². The van der Waals surface area contributed by atoms with E-state index in [9.17, 15) is 33.6 Å². The van der Waals surface area contributed by atoms with E-state index in [1.54, 1.807) is 58.9 Å². The fraction of sp³-hybridized carbons (Fsp3) is 0.315. The molecular formula is C89H103N9O9. The van der Waals surface area contributed by atoms with Gasteiger partial charge in [0.15, 0.2) is 5.78 Å². The van der Waals surface area contributed by atoms with Gasteiger partial charge in [-0.2, -0.15) is 0 Å². The van der Waals surface area contributed by atoms with Gasteiger partial charge in [-0.15, -0.1) is 0 Å². The van der Waals surface area contributed by atoms with Gasteiger partial charge in [-0.25, -0.2) is 9.59 Å². The number of nitrogens with one attached hydrogen (secondary N) is 5. The molecule has 0 fully saturated rings. The number of hydrogen-bond acceptors (Lipinski definition) is 12. The number of nitrogens with zero attached hydrogens (tertiary/aromatic N) is 4. The molecule has 0 saturated carbocycles. The predicted octanol–water partition coefficient (Wildman–Crippen LogP) is 17.5. The topological polar surface area (TPSA) is 233 Å². The summed E-state index contributed by atoms with van der Waals surface area (Å²) in [6.45, 7) is 19.3. The lowest BCUT2D eigenvalue weighted by Crippen LogP contribution is -2.44. The maximum atomic E-state index is 12.4. The molecular weight excluding hydrogens is 1340 g/mol. The third-order valence-corrected chi connectivity index (χ3v) is 20.7.